The number of nitrogens with two attached hydrogens (primary N) is 1. The van der Waals surface area contributed by atoms with E-state index in [2.05, 4.69) is 31.1 Å². The van der Waals surface area contributed by atoms with Crippen molar-refractivity contribution in [2.75, 3.05) is 5.73 Å². The molecule has 0 spiro atoms. The van der Waals surface area contributed by atoms with E-state index in [0.717, 1.165) is 0 Å². The van der Waals surface area contributed by atoms with Crippen molar-refractivity contribution in [2.45, 2.75) is 6.10 Å². The van der Waals surface area contributed by atoms with Crippen LogP contribution in [0.15, 0.2) is 73.2 Å². The fraction of sp³-hybridized carbons (Fsp3) is 0.0435. The predicted molar refractivity (Wildman–Crippen MR) is 117 cm³/mol. The molecule has 9 heteroatoms. The van der Waals surface area contributed by atoms with Crippen LogP contribution in [0.4, 0.5) is 5.95 Å². The number of aliphatic hydroxyl groups is 1. The summed E-state index contributed by atoms with van der Waals surface area (Å²) in [6.07, 6.45) is 1.99. The number of benzene rings is 2. The molecule has 0 bridgehead atoms. The molecule has 0 aliphatic rings. The Bertz CT molecular complexity index is 1460. The smallest absolute Gasteiger partial charge is 0.223 e. The van der Waals surface area contributed by atoms with Crippen molar-refractivity contribution >= 4 is 11.6 Å². The van der Waals surface area contributed by atoms with Gasteiger partial charge in [-0.3, -0.25) is 0 Å². The maximum absolute atomic E-state index is 10.8. The minimum Gasteiger partial charge on any atom is -0.380 e. The summed E-state index contributed by atoms with van der Waals surface area (Å²) in [6.45, 7) is 0. The van der Waals surface area contributed by atoms with Gasteiger partial charge >= 0.3 is 0 Å². The van der Waals surface area contributed by atoms with Gasteiger partial charge in [0.05, 0.1) is 28.6 Å². The van der Waals surface area contributed by atoms with Gasteiger partial charge in [-0.2, -0.15) is 9.78 Å². The Morgan fingerprint density at radius 1 is 1.03 bits per heavy atom. The standard InChI is InChI=1S/C23H16N8O/c24-12-14-5-4-8-16(11-14)19-18(17-9-10-26-13-27-17)22-29-21(30-31(22)23(25)28-19)20(32)15-6-2-1-3-7-15/h1-11,13,20,32H,(H2,25,28)/t20-/m0/s1. The third-order valence-corrected chi connectivity index (χ3v) is 4.99. The summed E-state index contributed by atoms with van der Waals surface area (Å²) >= 11 is 0. The van der Waals surface area contributed by atoms with Crippen molar-refractivity contribution in [3.63, 3.8) is 0 Å². The zero-order chi connectivity index (χ0) is 22.1. The van der Waals surface area contributed by atoms with Crippen molar-refractivity contribution < 1.29 is 5.11 Å². The molecule has 0 unspecified atom stereocenters. The summed E-state index contributed by atoms with van der Waals surface area (Å²) in [6, 6.07) is 20.0. The molecule has 5 rings (SSSR count). The zero-order valence-corrected chi connectivity index (χ0v) is 16.7. The molecule has 9 nitrogen and oxygen atoms in total. The Morgan fingerprint density at radius 2 is 1.88 bits per heavy atom. The molecule has 3 aromatic heterocycles. The van der Waals surface area contributed by atoms with Gasteiger partial charge in [0.15, 0.2) is 11.5 Å². The molecule has 1 atom stereocenters. The normalized spacial score (nSPS) is 11.9. The average molecular weight is 420 g/mol. The first kappa shape index (κ1) is 19.3. The van der Waals surface area contributed by atoms with Crippen LogP contribution in [-0.2, 0) is 0 Å². The van der Waals surface area contributed by atoms with Crippen LogP contribution in [0.5, 0.6) is 0 Å². The maximum atomic E-state index is 10.8. The largest absolute Gasteiger partial charge is 0.380 e. The number of hydrogen-bond acceptors (Lipinski definition) is 8. The van der Waals surface area contributed by atoms with E-state index in [4.69, 9.17) is 5.73 Å². The van der Waals surface area contributed by atoms with Crippen LogP contribution in [0, 0.1) is 11.3 Å². The van der Waals surface area contributed by atoms with Crippen molar-refractivity contribution in [3.8, 4) is 28.6 Å². The summed E-state index contributed by atoms with van der Waals surface area (Å²) in [5.74, 6) is 0.275. The average Bonchev–Trinajstić information content (AvgIpc) is 3.30. The number of nitrogen functional groups attached to an aromatic ring is 1. The monoisotopic (exact) mass is 420 g/mol. The highest BCUT2D eigenvalue weighted by molar-refractivity contribution is 5.89. The second kappa shape index (κ2) is 7.86. The fourth-order valence-electron chi connectivity index (χ4n) is 3.49. The number of anilines is 1. The van der Waals surface area contributed by atoms with Crippen molar-refractivity contribution in [3.05, 3.63) is 90.1 Å². The van der Waals surface area contributed by atoms with E-state index in [0.29, 0.717) is 39.3 Å². The Balaban J connectivity index is 1.79. The number of nitrogens with zero attached hydrogens (tertiary/aromatic N) is 7. The lowest BCUT2D eigenvalue weighted by molar-refractivity contribution is 0.210. The van der Waals surface area contributed by atoms with E-state index >= 15 is 0 Å². The van der Waals surface area contributed by atoms with Crippen molar-refractivity contribution in [1.29, 1.82) is 5.26 Å². The molecule has 0 amide bonds. The maximum Gasteiger partial charge on any atom is 0.223 e. The van der Waals surface area contributed by atoms with Gasteiger partial charge < -0.3 is 10.8 Å². The minimum absolute atomic E-state index is 0.0918. The molecule has 2 aromatic carbocycles. The second-order valence-corrected chi connectivity index (χ2v) is 7.00. The topological polar surface area (TPSA) is 139 Å². The van der Waals surface area contributed by atoms with Crippen LogP contribution in [0.25, 0.3) is 28.2 Å². The molecule has 0 aliphatic carbocycles. The van der Waals surface area contributed by atoms with Crippen LogP contribution in [0.1, 0.15) is 23.1 Å². The number of rotatable bonds is 4. The quantitative estimate of drug-likeness (QED) is 0.452. The zero-order valence-electron chi connectivity index (χ0n) is 16.7. The molecule has 3 N–H and O–H groups in total. The van der Waals surface area contributed by atoms with Gasteiger partial charge in [-0.15, -0.1) is 5.10 Å². The molecule has 32 heavy (non-hydrogen) atoms. The number of fused-ring (bicyclic) bond motifs is 1. The molecule has 0 radical (unpaired) electrons. The Hall–Kier alpha value is -4.68. The first-order valence-electron chi connectivity index (χ1n) is 9.72. The second-order valence-electron chi connectivity index (χ2n) is 7.00. The summed E-state index contributed by atoms with van der Waals surface area (Å²) in [5.41, 5.74) is 10.1. The number of hydrogen-bond donors (Lipinski definition) is 2. The highest BCUT2D eigenvalue weighted by Gasteiger charge is 2.23. The Morgan fingerprint density at radius 3 is 2.62 bits per heavy atom. The molecule has 0 saturated heterocycles. The van der Waals surface area contributed by atoms with E-state index < -0.39 is 6.10 Å². The SMILES string of the molecule is N#Cc1cccc(-c2nc(N)n3nc([C@@H](O)c4ccccc4)nc3c2-c2ccncn2)c1. The number of nitriles is 1. The summed E-state index contributed by atoms with van der Waals surface area (Å²) < 4.78 is 1.39. The van der Waals surface area contributed by atoms with Gasteiger partial charge in [-0.05, 0) is 23.8 Å². The van der Waals surface area contributed by atoms with Gasteiger partial charge in [-0.25, -0.2) is 19.9 Å². The molecule has 0 aliphatic heterocycles. The fourth-order valence-corrected chi connectivity index (χ4v) is 3.49. The van der Waals surface area contributed by atoms with Gasteiger partial charge in [0.25, 0.3) is 0 Å². The summed E-state index contributed by atoms with van der Waals surface area (Å²) in [5, 5.41) is 24.6. The van der Waals surface area contributed by atoms with Gasteiger partial charge in [0.1, 0.15) is 12.4 Å². The first-order valence-corrected chi connectivity index (χ1v) is 9.72. The molecule has 154 valence electrons. The first-order chi connectivity index (χ1) is 15.7. The molecular weight excluding hydrogens is 404 g/mol. The lowest BCUT2D eigenvalue weighted by Gasteiger charge is -2.11. The van der Waals surface area contributed by atoms with Gasteiger partial charge in [0.2, 0.25) is 5.95 Å². The van der Waals surface area contributed by atoms with Crippen LogP contribution >= 0.6 is 0 Å². The van der Waals surface area contributed by atoms with Gasteiger partial charge in [0, 0.05) is 11.8 Å². The minimum atomic E-state index is -1.04. The van der Waals surface area contributed by atoms with E-state index in [1.807, 2.05) is 24.3 Å². The highest BCUT2D eigenvalue weighted by Crippen LogP contribution is 2.34. The van der Waals surface area contributed by atoms with Crippen molar-refractivity contribution in [2.24, 2.45) is 0 Å². The van der Waals surface area contributed by atoms with Crippen molar-refractivity contribution in [1.82, 2.24) is 29.5 Å². The predicted octanol–water partition coefficient (Wildman–Crippen LogP) is 2.78. The number of aromatic nitrogens is 6. The van der Waals surface area contributed by atoms with E-state index in [-0.39, 0.29) is 11.8 Å². The Labute approximate surface area is 182 Å². The molecular formula is C23H16N8O. The third-order valence-electron chi connectivity index (χ3n) is 4.99. The third kappa shape index (κ3) is 3.30. The molecule has 5 aromatic rings. The lowest BCUT2D eigenvalue weighted by Crippen LogP contribution is -2.07. The summed E-state index contributed by atoms with van der Waals surface area (Å²) in [4.78, 5) is 17.5. The number of aliphatic hydroxyl groups excluding tert-OH is 1. The Kier molecular flexibility index (Phi) is 4.74. The molecule has 0 saturated carbocycles. The van der Waals surface area contributed by atoms with E-state index in [1.54, 1.807) is 42.6 Å². The van der Waals surface area contributed by atoms with Crippen LogP contribution in [0.3, 0.4) is 0 Å². The van der Waals surface area contributed by atoms with Crippen LogP contribution < -0.4 is 5.73 Å². The van der Waals surface area contributed by atoms with E-state index in [1.165, 1.54) is 10.8 Å². The lowest BCUT2D eigenvalue weighted by atomic mass is 10.0. The molecule has 3 heterocycles. The summed E-state index contributed by atoms with van der Waals surface area (Å²) in [7, 11) is 0. The van der Waals surface area contributed by atoms with Crippen LogP contribution in [-0.4, -0.2) is 34.7 Å². The van der Waals surface area contributed by atoms with Crippen LogP contribution in [0.2, 0.25) is 0 Å². The molecule has 0 fully saturated rings. The highest BCUT2D eigenvalue weighted by atomic mass is 16.3. The van der Waals surface area contributed by atoms with E-state index in [9.17, 15) is 10.4 Å². The van der Waals surface area contributed by atoms with Gasteiger partial charge in [-0.1, -0.05) is 42.5 Å².